The van der Waals surface area contributed by atoms with Gasteiger partial charge < -0.3 is 9.30 Å². The van der Waals surface area contributed by atoms with Gasteiger partial charge in [-0.25, -0.2) is 9.78 Å². The van der Waals surface area contributed by atoms with E-state index in [1.807, 2.05) is 35.9 Å². The van der Waals surface area contributed by atoms with Crippen molar-refractivity contribution < 1.29 is 9.53 Å². The summed E-state index contributed by atoms with van der Waals surface area (Å²) in [5.74, 6) is 0.412. The minimum atomic E-state index is -0.354. The summed E-state index contributed by atoms with van der Waals surface area (Å²) in [5.41, 5.74) is 3.00. The van der Waals surface area contributed by atoms with E-state index in [0.29, 0.717) is 5.56 Å². The van der Waals surface area contributed by atoms with Gasteiger partial charge in [0.2, 0.25) is 0 Å². The van der Waals surface area contributed by atoms with E-state index in [1.54, 1.807) is 18.3 Å². The third-order valence-corrected chi connectivity index (χ3v) is 3.20. The van der Waals surface area contributed by atoms with E-state index in [0.717, 1.165) is 22.6 Å². The molecule has 20 heavy (non-hydrogen) atoms. The smallest absolute Gasteiger partial charge is 0.337 e. The topological polar surface area (TPSA) is 57.0 Å². The van der Waals surface area contributed by atoms with Gasteiger partial charge >= 0.3 is 5.97 Å². The molecule has 0 saturated heterocycles. The number of methoxy groups -OCH3 is 1. The van der Waals surface area contributed by atoms with Crippen LogP contribution in [0.25, 0.3) is 22.6 Å². The Labute approximate surface area is 115 Å². The van der Waals surface area contributed by atoms with Crippen LogP contribution >= 0.6 is 0 Å². The Morgan fingerprint density at radius 2 is 2.10 bits per heavy atom. The van der Waals surface area contributed by atoms with Crippen LogP contribution in [-0.2, 0) is 11.8 Å². The molecule has 0 aliphatic rings. The lowest BCUT2D eigenvalue weighted by atomic mass is 10.2. The monoisotopic (exact) mass is 267 g/mol. The van der Waals surface area contributed by atoms with Crippen molar-refractivity contribution in [3.05, 3.63) is 48.2 Å². The molecular formula is C15H13N3O2. The highest BCUT2D eigenvalue weighted by Crippen LogP contribution is 2.23. The maximum absolute atomic E-state index is 11.6. The summed E-state index contributed by atoms with van der Waals surface area (Å²) in [5, 5.41) is 0. The number of carbonyl (C=O) groups is 1. The molecule has 0 aliphatic carbocycles. The van der Waals surface area contributed by atoms with E-state index in [2.05, 4.69) is 9.97 Å². The van der Waals surface area contributed by atoms with E-state index in [9.17, 15) is 4.79 Å². The Morgan fingerprint density at radius 1 is 1.25 bits per heavy atom. The zero-order valence-corrected chi connectivity index (χ0v) is 11.2. The first-order chi connectivity index (χ1) is 9.70. The molecule has 2 heterocycles. The van der Waals surface area contributed by atoms with E-state index in [4.69, 9.17) is 4.74 Å². The molecule has 0 atom stereocenters. The summed E-state index contributed by atoms with van der Waals surface area (Å²) in [6.07, 6.45) is 1.73. The van der Waals surface area contributed by atoms with Crippen LogP contribution in [0.1, 0.15) is 10.4 Å². The Balaban J connectivity index is 2.18. The number of pyridine rings is 1. The van der Waals surface area contributed by atoms with E-state index in [-0.39, 0.29) is 5.97 Å². The number of nitrogens with zero attached hydrogens (tertiary/aromatic N) is 3. The van der Waals surface area contributed by atoms with Gasteiger partial charge in [0.15, 0.2) is 5.82 Å². The van der Waals surface area contributed by atoms with Crippen LogP contribution in [-0.4, -0.2) is 27.6 Å². The number of esters is 1. The molecule has 3 aromatic rings. The number of carbonyl (C=O) groups excluding carboxylic acids is 1. The molecular weight excluding hydrogens is 254 g/mol. The first-order valence-corrected chi connectivity index (χ1v) is 6.17. The minimum Gasteiger partial charge on any atom is -0.465 e. The lowest BCUT2D eigenvalue weighted by Gasteiger charge is -2.02. The van der Waals surface area contributed by atoms with Crippen molar-refractivity contribution in [1.29, 1.82) is 0 Å². The zero-order chi connectivity index (χ0) is 14.1. The fourth-order valence-electron chi connectivity index (χ4n) is 2.16. The standard InChI is InChI=1S/C15H13N3O2/c1-18-13-9-10(15(19)20-2)6-7-11(13)17-14(18)12-5-3-4-8-16-12/h3-9H,1-2H3. The quantitative estimate of drug-likeness (QED) is 0.669. The molecule has 2 aromatic heterocycles. The minimum absolute atomic E-state index is 0.354. The van der Waals surface area contributed by atoms with Crippen LogP contribution in [0, 0.1) is 0 Å². The van der Waals surface area contributed by atoms with E-state index in [1.165, 1.54) is 7.11 Å². The first-order valence-electron chi connectivity index (χ1n) is 6.17. The average molecular weight is 267 g/mol. The van der Waals surface area contributed by atoms with Crippen molar-refractivity contribution in [2.75, 3.05) is 7.11 Å². The number of fused-ring (bicyclic) bond motifs is 1. The fraction of sp³-hybridized carbons (Fsp3) is 0.133. The number of hydrogen-bond donors (Lipinski definition) is 0. The highest BCUT2D eigenvalue weighted by molar-refractivity contribution is 5.94. The highest BCUT2D eigenvalue weighted by Gasteiger charge is 2.13. The highest BCUT2D eigenvalue weighted by atomic mass is 16.5. The molecule has 0 fully saturated rings. The van der Waals surface area contributed by atoms with Crippen molar-refractivity contribution in [1.82, 2.24) is 14.5 Å². The summed E-state index contributed by atoms with van der Waals surface area (Å²) >= 11 is 0. The number of imidazole rings is 1. The third kappa shape index (κ3) is 1.93. The lowest BCUT2D eigenvalue weighted by molar-refractivity contribution is 0.0601. The maximum atomic E-state index is 11.6. The molecule has 0 radical (unpaired) electrons. The molecule has 0 N–H and O–H groups in total. The number of aromatic nitrogens is 3. The van der Waals surface area contributed by atoms with Crippen molar-refractivity contribution >= 4 is 17.0 Å². The molecule has 5 nitrogen and oxygen atoms in total. The van der Waals surface area contributed by atoms with Crippen molar-refractivity contribution in [2.45, 2.75) is 0 Å². The number of rotatable bonds is 2. The van der Waals surface area contributed by atoms with Crippen molar-refractivity contribution in [2.24, 2.45) is 7.05 Å². The van der Waals surface area contributed by atoms with Gasteiger partial charge in [0.1, 0.15) is 5.69 Å². The van der Waals surface area contributed by atoms with Crippen molar-refractivity contribution in [3.63, 3.8) is 0 Å². The first kappa shape index (κ1) is 12.3. The van der Waals surface area contributed by atoms with Gasteiger partial charge in [0, 0.05) is 13.2 Å². The molecule has 0 amide bonds. The molecule has 0 unspecified atom stereocenters. The van der Waals surface area contributed by atoms with Gasteiger partial charge in [-0.1, -0.05) is 6.07 Å². The Kier molecular flexibility index (Phi) is 2.95. The lowest BCUT2D eigenvalue weighted by Crippen LogP contribution is -2.01. The van der Waals surface area contributed by atoms with Gasteiger partial charge in [-0.3, -0.25) is 4.98 Å². The predicted molar refractivity (Wildman–Crippen MR) is 75.3 cm³/mol. The van der Waals surface area contributed by atoms with Crippen LogP contribution in [0.4, 0.5) is 0 Å². The molecule has 100 valence electrons. The SMILES string of the molecule is COC(=O)c1ccc2nc(-c3ccccn3)n(C)c2c1. The van der Waals surface area contributed by atoms with Gasteiger partial charge in [0.05, 0.1) is 23.7 Å². The fourth-order valence-corrected chi connectivity index (χ4v) is 2.16. The summed E-state index contributed by atoms with van der Waals surface area (Å²) in [4.78, 5) is 20.4. The Morgan fingerprint density at radius 3 is 2.80 bits per heavy atom. The number of aryl methyl sites for hydroxylation is 1. The molecule has 1 aromatic carbocycles. The number of ether oxygens (including phenoxy) is 1. The van der Waals surface area contributed by atoms with Gasteiger partial charge in [-0.2, -0.15) is 0 Å². The molecule has 3 rings (SSSR count). The second-order valence-electron chi connectivity index (χ2n) is 4.40. The molecule has 0 aliphatic heterocycles. The second kappa shape index (κ2) is 4.77. The molecule has 0 saturated carbocycles. The van der Waals surface area contributed by atoms with Crippen LogP contribution < -0.4 is 0 Å². The summed E-state index contributed by atoms with van der Waals surface area (Å²) in [6, 6.07) is 11.0. The van der Waals surface area contributed by atoms with Crippen molar-refractivity contribution in [3.8, 4) is 11.5 Å². The summed E-state index contributed by atoms with van der Waals surface area (Å²) in [7, 11) is 3.27. The number of benzene rings is 1. The Hall–Kier alpha value is -2.69. The van der Waals surface area contributed by atoms with Crippen LogP contribution in [0.5, 0.6) is 0 Å². The van der Waals surface area contributed by atoms with Gasteiger partial charge in [-0.15, -0.1) is 0 Å². The molecule has 5 heteroatoms. The molecule has 0 bridgehead atoms. The Bertz CT molecular complexity index is 778. The van der Waals surface area contributed by atoms with Crippen LogP contribution in [0.3, 0.4) is 0 Å². The third-order valence-electron chi connectivity index (χ3n) is 3.20. The normalized spacial score (nSPS) is 10.7. The zero-order valence-electron chi connectivity index (χ0n) is 11.2. The number of hydrogen-bond acceptors (Lipinski definition) is 4. The van der Waals surface area contributed by atoms with Crippen LogP contribution in [0.15, 0.2) is 42.6 Å². The van der Waals surface area contributed by atoms with E-state index >= 15 is 0 Å². The largest absolute Gasteiger partial charge is 0.465 e. The molecule has 0 spiro atoms. The van der Waals surface area contributed by atoms with Crippen LogP contribution in [0.2, 0.25) is 0 Å². The average Bonchev–Trinajstić information content (AvgIpc) is 2.84. The predicted octanol–water partition coefficient (Wildman–Crippen LogP) is 2.42. The summed E-state index contributed by atoms with van der Waals surface area (Å²) < 4.78 is 6.66. The second-order valence-corrected chi connectivity index (χ2v) is 4.40. The van der Waals surface area contributed by atoms with E-state index < -0.39 is 0 Å². The maximum Gasteiger partial charge on any atom is 0.337 e. The van der Waals surface area contributed by atoms with Gasteiger partial charge in [0.25, 0.3) is 0 Å². The van der Waals surface area contributed by atoms with Gasteiger partial charge in [-0.05, 0) is 30.3 Å². The summed E-state index contributed by atoms with van der Waals surface area (Å²) in [6.45, 7) is 0.